The molecule has 0 saturated heterocycles. The minimum atomic E-state index is -0.305. The van der Waals surface area contributed by atoms with Crippen LogP contribution < -0.4 is 10.1 Å². The highest BCUT2D eigenvalue weighted by Crippen LogP contribution is 2.26. The number of hydrogen-bond acceptors (Lipinski definition) is 4. The van der Waals surface area contributed by atoms with E-state index in [-0.39, 0.29) is 23.5 Å². The number of ether oxygens (including phenoxy) is 1. The quantitative estimate of drug-likeness (QED) is 0.838. The first-order chi connectivity index (χ1) is 9.40. The van der Waals surface area contributed by atoms with Crippen molar-refractivity contribution in [2.75, 3.05) is 27.7 Å². The predicted octanol–water partition coefficient (Wildman–Crippen LogP) is 0.855. The van der Waals surface area contributed by atoms with E-state index in [0.29, 0.717) is 17.9 Å². The van der Waals surface area contributed by atoms with Crippen LogP contribution in [0, 0.1) is 5.92 Å². The Hall–Kier alpha value is -2.24. The number of carbonyl (C=O) groups is 2. The van der Waals surface area contributed by atoms with Crippen molar-refractivity contribution >= 4 is 11.8 Å². The van der Waals surface area contributed by atoms with Crippen molar-refractivity contribution in [1.82, 2.24) is 10.2 Å². The Labute approximate surface area is 118 Å². The minimum absolute atomic E-state index is 0.0916. The van der Waals surface area contributed by atoms with Crippen LogP contribution in [-0.4, -0.2) is 49.6 Å². The van der Waals surface area contributed by atoms with Crippen molar-refractivity contribution in [3.63, 3.8) is 0 Å². The van der Waals surface area contributed by atoms with Crippen molar-refractivity contribution in [1.29, 1.82) is 0 Å². The van der Waals surface area contributed by atoms with Crippen LogP contribution >= 0.6 is 0 Å². The number of hydrogen-bond donors (Lipinski definition) is 2. The number of phenols is 1. The summed E-state index contributed by atoms with van der Waals surface area (Å²) in [5.41, 5.74) is 0.343. The molecule has 1 atom stereocenters. The molecule has 1 rings (SSSR count). The average molecular weight is 280 g/mol. The molecule has 0 radical (unpaired) electrons. The zero-order valence-electron chi connectivity index (χ0n) is 12.1. The van der Waals surface area contributed by atoms with Crippen LogP contribution in [0.5, 0.6) is 11.5 Å². The fourth-order valence-corrected chi connectivity index (χ4v) is 1.87. The van der Waals surface area contributed by atoms with Gasteiger partial charge in [0.2, 0.25) is 5.91 Å². The van der Waals surface area contributed by atoms with Crippen LogP contribution in [0.4, 0.5) is 0 Å². The van der Waals surface area contributed by atoms with Crippen LogP contribution in [0.3, 0.4) is 0 Å². The van der Waals surface area contributed by atoms with Gasteiger partial charge in [-0.3, -0.25) is 9.59 Å². The van der Waals surface area contributed by atoms with E-state index in [0.717, 1.165) is 0 Å². The van der Waals surface area contributed by atoms with Crippen LogP contribution in [0.1, 0.15) is 17.3 Å². The Kier molecular flexibility index (Phi) is 5.37. The number of carbonyl (C=O) groups excluding carboxylic acids is 2. The van der Waals surface area contributed by atoms with Crippen molar-refractivity contribution < 1.29 is 19.4 Å². The van der Waals surface area contributed by atoms with Gasteiger partial charge in [0.15, 0.2) is 11.5 Å². The molecule has 0 aromatic heterocycles. The standard InChI is InChI=1S/C14H20N2O4/c1-9(13(18)15-2)8-16(3)14(19)10-5-6-12(20-4)11(17)7-10/h5-7,9,17H,8H2,1-4H3,(H,15,18). The normalized spacial score (nSPS) is 11.6. The fourth-order valence-electron chi connectivity index (χ4n) is 1.87. The lowest BCUT2D eigenvalue weighted by atomic mass is 10.1. The van der Waals surface area contributed by atoms with E-state index in [1.165, 1.54) is 24.1 Å². The maximum Gasteiger partial charge on any atom is 0.253 e. The smallest absolute Gasteiger partial charge is 0.253 e. The number of methoxy groups -OCH3 is 1. The van der Waals surface area contributed by atoms with Crippen molar-refractivity contribution in [2.45, 2.75) is 6.92 Å². The first kappa shape index (κ1) is 15.8. The highest BCUT2D eigenvalue weighted by Gasteiger charge is 2.19. The maximum absolute atomic E-state index is 12.2. The first-order valence-corrected chi connectivity index (χ1v) is 6.24. The van der Waals surface area contributed by atoms with Crippen LogP contribution in [-0.2, 0) is 4.79 Å². The Bertz CT molecular complexity index is 502. The summed E-state index contributed by atoms with van der Waals surface area (Å²) in [6.07, 6.45) is 0. The van der Waals surface area contributed by atoms with Gasteiger partial charge in [-0.25, -0.2) is 0 Å². The molecular formula is C14H20N2O4. The Balaban J connectivity index is 2.79. The molecule has 6 nitrogen and oxygen atoms in total. The summed E-state index contributed by atoms with van der Waals surface area (Å²) in [7, 11) is 4.61. The molecule has 110 valence electrons. The van der Waals surface area contributed by atoms with Gasteiger partial charge in [0, 0.05) is 26.2 Å². The number of rotatable bonds is 5. The molecule has 20 heavy (non-hydrogen) atoms. The van der Waals surface area contributed by atoms with Crippen LogP contribution in [0.25, 0.3) is 0 Å². The number of nitrogens with zero attached hydrogens (tertiary/aromatic N) is 1. The molecule has 0 aliphatic carbocycles. The van der Waals surface area contributed by atoms with E-state index < -0.39 is 0 Å². The van der Waals surface area contributed by atoms with Gasteiger partial charge in [0.05, 0.1) is 13.0 Å². The number of nitrogens with one attached hydrogen (secondary N) is 1. The zero-order valence-corrected chi connectivity index (χ0v) is 12.1. The van der Waals surface area contributed by atoms with Crippen molar-refractivity contribution in [2.24, 2.45) is 5.92 Å². The molecule has 2 amide bonds. The zero-order chi connectivity index (χ0) is 15.3. The van der Waals surface area contributed by atoms with Crippen molar-refractivity contribution in [3.05, 3.63) is 23.8 Å². The van der Waals surface area contributed by atoms with E-state index in [2.05, 4.69) is 5.32 Å². The lowest BCUT2D eigenvalue weighted by Gasteiger charge is -2.21. The van der Waals surface area contributed by atoms with Gasteiger partial charge in [-0.15, -0.1) is 0 Å². The predicted molar refractivity (Wildman–Crippen MR) is 74.9 cm³/mol. The minimum Gasteiger partial charge on any atom is -0.504 e. The molecule has 0 saturated carbocycles. The first-order valence-electron chi connectivity index (χ1n) is 6.24. The van der Waals surface area contributed by atoms with E-state index in [4.69, 9.17) is 4.74 Å². The summed E-state index contributed by atoms with van der Waals surface area (Å²) >= 11 is 0. The van der Waals surface area contributed by atoms with Gasteiger partial charge in [-0.1, -0.05) is 6.92 Å². The molecule has 2 N–H and O–H groups in total. The summed E-state index contributed by atoms with van der Waals surface area (Å²) in [6.45, 7) is 2.04. The highest BCUT2D eigenvalue weighted by atomic mass is 16.5. The Morgan fingerprint density at radius 3 is 2.60 bits per heavy atom. The summed E-state index contributed by atoms with van der Waals surface area (Å²) in [6, 6.07) is 4.45. The lowest BCUT2D eigenvalue weighted by Crippen LogP contribution is -2.37. The molecule has 0 fully saturated rings. The van der Waals surface area contributed by atoms with Crippen LogP contribution in [0.2, 0.25) is 0 Å². The molecule has 1 aromatic carbocycles. The summed E-state index contributed by atoms with van der Waals surface area (Å²) in [4.78, 5) is 25.1. The molecular weight excluding hydrogens is 260 g/mol. The van der Waals surface area contributed by atoms with Gasteiger partial charge >= 0.3 is 0 Å². The number of phenolic OH excluding ortho intramolecular Hbond substituents is 1. The third kappa shape index (κ3) is 3.63. The Morgan fingerprint density at radius 2 is 2.10 bits per heavy atom. The second-order valence-corrected chi connectivity index (χ2v) is 4.59. The number of aromatic hydroxyl groups is 1. The monoisotopic (exact) mass is 280 g/mol. The van der Waals surface area contributed by atoms with E-state index >= 15 is 0 Å². The van der Waals surface area contributed by atoms with E-state index in [1.807, 2.05) is 0 Å². The van der Waals surface area contributed by atoms with Gasteiger partial charge in [0.1, 0.15) is 0 Å². The largest absolute Gasteiger partial charge is 0.504 e. The van der Waals surface area contributed by atoms with E-state index in [1.54, 1.807) is 27.1 Å². The molecule has 1 aromatic rings. The second kappa shape index (κ2) is 6.79. The van der Waals surface area contributed by atoms with Gasteiger partial charge in [-0.05, 0) is 18.2 Å². The third-order valence-electron chi connectivity index (χ3n) is 3.01. The van der Waals surface area contributed by atoms with Gasteiger partial charge in [0.25, 0.3) is 5.91 Å². The topological polar surface area (TPSA) is 78.9 Å². The molecule has 0 aliphatic rings. The van der Waals surface area contributed by atoms with Gasteiger partial charge in [-0.2, -0.15) is 0 Å². The third-order valence-corrected chi connectivity index (χ3v) is 3.01. The molecule has 1 unspecified atom stereocenters. The maximum atomic E-state index is 12.2. The molecule has 0 heterocycles. The summed E-state index contributed by atoms with van der Waals surface area (Å²) < 4.78 is 4.92. The van der Waals surface area contributed by atoms with Crippen molar-refractivity contribution in [3.8, 4) is 11.5 Å². The SMILES string of the molecule is CNC(=O)C(C)CN(C)C(=O)c1ccc(OC)c(O)c1. The summed E-state index contributed by atoms with van der Waals surface area (Å²) in [5, 5.41) is 12.2. The highest BCUT2D eigenvalue weighted by molar-refractivity contribution is 5.95. The number of amides is 2. The lowest BCUT2D eigenvalue weighted by molar-refractivity contribution is -0.124. The van der Waals surface area contributed by atoms with Gasteiger partial charge < -0.3 is 20.1 Å². The second-order valence-electron chi connectivity index (χ2n) is 4.59. The number of benzene rings is 1. The molecule has 0 aliphatic heterocycles. The Morgan fingerprint density at radius 1 is 1.45 bits per heavy atom. The van der Waals surface area contributed by atoms with Crippen LogP contribution in [0.15, 0.2) is 18.2 Å². The molecule has 0 bridgehead atoms. The molecule has 0 spiro atoms. The fraction of sp³-hybridized carbons (Fsp3) is 0.429. The summed E-state index contributed by atoms with van der Waals surface area (Å²) in [5.74, 6) is -0.476. The molecule has 6 heteroatoms. The van der Waals surface area contributed by atoms with E-state index in [9.17, 15) is 14.7 Å². The average Bonchev–Trinajstić information content (AvgIpc) is 2.45.